The standard InChI is InChI=1S/C17H23NO/c19-14-15-4-6-16(7-5-15)18-12-10-17(11-13-18)8-2-1-3-9-17/h4-7,14H,1-3,8-13H2. The van der Waals surface area contributed by atoms with Gasteiger partial charge in [-0.3, -0.25) is 4.79 Å². The third-order valence-electron chi connectivity index (χ3n) is 5.13. The average molecular weight is 257 g/mol. The second-order valence-corrected chi connectivity index (χ2v) is 6.26. The molecule has 1 aliphatic heterocycles. The van der Waals surface area contributed by atoms with Crippen molar-refractivity contribution in [1.82, 2.24) is 0 Å². The number of hydrogen-bond donors (Lipinski definition) is 0. The second-order valence-electron chi connectivity index (χ2n) is 6.26. The van der Waals surface area contributed by atoms with Gasteiger partial charge in [-0.15, -0.1) is 0 Å². The van der Waals surface area contributed by atoms with Crippen LogP contribution in [0.2, 0.25) is 0 Å². The van der Waals surface area contributed by atoms with Gasteiger partial charge in [0.2, 0.25) is 0 Å². The Hall–Kier alpha value is -1.31. The summed E-state index contributed by atoms with van der Waals surface area (Å²) in [6.07, 6.45) is 10.8. The van der Waals surface area contributed by atoms with Gasteiger partial charge in [-0.2, -0.15) is 0 Å². The first-order valence-corrected chi connectivity index (χ1v) is 7.62. The van der Waals surface area contributed by atoms with E-state index in [1.54, 1.807) is 0 Å². The topological polar surface area (TPSA) is 20.3 Å². The van der Waals surface area contributed by atoms with Crippen LogP contribution in [0.15, 0.2) is 24.3 Å². The first-order valence-electron chi connectivity index (χ1n) is 7.62. The van der Waals surface area contributed by atoms with E-state index < -0.39 is 0 Å². The Labute approximate surface area is 115 Å². The summed E-state index contributed by atoms with van der Waals surface area (Å²) in [6, 6.07) is 8.02. The molecule has 1 aromatic rings. The molecule has 1 saturated heterocycles. The predicted molar refractivity (Wildman–Crippen MR) is 78.8 cm³/mol. The van der Waals surface area contributed by atoms with Crippen LogP contribution < -0.4 is 4.90 Å². The van der Waals surface area contributed by atoms with Crippen molar-refractivity contribution in [3.63, 3.8) is 0 Å². The predicted octanol–water partition coefficient (Wildman–Crippen LogP) is 4.05. The highest BCUT2D eigenvalue weighted by molar-refractivity contribution is 5.75. The number of carbonyl (C=O) groups is 1. The van der Waals surface area contributed by atoms with Crippen LogP contribution in [0.5, 0.6) is 0 Å². The molecule has 19 heavy (non-hydrogen) atoms. The smallest absolute Gasteiger partial charge is 0.150 e. The summed E-state index contributed by atoms with van der Waals surface area (Å²) in [5.41, 5.74) is 2.71. The van der Waals surface area contributed by atoms with Gasteiger partial charge in [0.05, 0.1) is 0 Å². The van der Waals surface area contributed by atoms with Crippen LogP contribution in [0.25, 0.3) is 0 Å². The van der Waals surface area contributed by atoms with Crippen LogP contribution in [0.4, 0.5) is 5.69 Å². The normalized spacial score (nSPS) is 22.4. The molecule has 3 rings (SSSR count). The number of aldehydes is 1. The van der Waals surface area contributed by atoms with Gasteiger partial charge in [-0.05, 0) is 55.4 Å². The molecule has 0 bridgehead atoms. The molecule has 2 nitrogen and oxygen atoms in total. The lowest BCUT2D eigenvalue weighted by Crippen LogP contribution is -2.41. The lowest BCUT2D eigenvalue weighted by Gasteiger charge is -2.45. The minimum atomic E-state index is 0.664. The maximum absolute atomic E-state index is 10.7. The third kappa shape index (κ3) is 2.68. The van der Waals surface area contributed by atoms with Gasteiger partial charge in [0, 0.05) is 24.3 Å². The number of carbonyl (C=O) groups excluding carboxylic acids is 1. The largest absolute Gasteiger partial charge is 0.371 e. The number of anilines is 1. The zero-order valence-electron chi connectivity index (χ0n) is 11.6. The first kappa shape index (κ1) is 12.7. The van der Waals surface area contributed by atoms with Crippen molar-refractivity contribution >= 4 is 12.0 Å². The second kappa shape index (κ2) is 5.36. The lowest BCUT2D eigenvalue weighted by molar-refractivity contribution is 0.112. The Balaban J connectivity index is 1.64. The van der Waals surface area contributed by atoms with E-state index in [1.807, 2.05) is 12.1 Å². The van der Waals surface area contributed by atoms with E-state index in [9.17, 15) is 4.79 Å². The minimum absolute atomic E-state index is 0.664. The molecule has 0 radical (unpaired) electrons. The fourth-order valence-electron chi connectivity index (χ4n) is 3.80. The summed E-state index contributed by atoms with van der Waals surface area (Å²) in [6.45, 7) is 2.36. The summed E-state index contributed by atoms with van der Waals surface area (Å²) < 4.78 is 0. The van der Waals surface area contributed by atoms with Crippen molar-refractivity contribution in [1.29, 1.82) is 0 Å². The van der Waals surface area contributed by atoms with Crippen LogP contribution in [0.1, 0.15) is 55.3 Å². The van der Waals surface area contributed by atoms with E-state index in [1.165, 1.54) is 63.7 Å². The van der Waals surface area contributed by atoms with Gasteiger partial charge in [-0.25, -0.2) is 0 Å². The zero-order chi connectivity index (χ0) is 13.1. The van der Waals surface area contributed by atoms with Crippen LogP contribution in [0.3, 0.4) is 0 Å². The van der Waals surface area contributed by atoms with Crippen molar-refractivity contribution in [3.8, 4) is 0 Å². The monoisotopic (exact) mass is 257 g/mol. The van der Waals surface area contributed by atoms with Crippen molar-refractivity contribution in [2.45, 2.75) is 44.9 Å². The quantitative estimate of drug-likeness (QED) is 0.745. The molecule has 102 valence electrons. The molecule has 2 aliphatic rings. The average Bonchev–Trinajstić information content (AvgIpc) is 2.49. The van der Waals surface area contributed by atoms with Crippen LogP contribution in [-0.4, -0.2) is 19.4 Å². The molecular formula is C17H23NO. The van der Waals surface area contributed by atoms with Crippen molar-refractivity contribution in [2.24, 2.45) is 5.41 Å². The van der Waals surface area contributed by atoms with Crippen molar-refractivity contribution in [2.75, 3.05) is 18.0 Å². The van der Waals surface area contributed by atoms with Crippen molar-refractivity contribution in [3.05, 3.63) is 29.8 Å². The Morgan fingerprint density at radius 3 is 2.11 bits per heavy atom. The fourth-order valence-corrected chi connectivity index (χ4v) is 3.80. The molecule has 0 N–H and O–H groups in total. The lowest BCUT2D eigenvalue weighted by atomic mass is 9.68. The molecule has 0 atom stereocenters. The SMILES string of the molecule is O=Cc1ccc(N2CCC3(CCCCC3)CC2)cc1. The summed E-state index contributed by atoms with van der Waals surface area (Å²) >= 11 is 0. The molecule has 0 unspecified atom stereocenters. The van der Waals surface area contributed by atoms with Crippen LogP contribution in [0, 0.1) is 5.41 Å². The van der Waals surface area contributed by atoms with Gasteiger partial charge in [0.25, 0.3) is 0 Å². The number of rotatable bonds is 2. The molecule has 1 spiro atoms. The number of piperidine rings is 1. The maximum Gasteiger partial charge on any atom is 0.150 e. The summed E-state index contributed by atoms with van der Waals surface area (Å²) in [7, 11) is 0. The Morgan fingerprint density at radius 1 is 0.895 bits per heavy atom. The summed E-state index contributed by atoms with van der Waals surface area (Å²) in [5.74, 6) is 0. The fraction of sp³-hybridized carbons (Fsp3) is 0.588. The summed E-state index contributed by atoms with van der Waals surface area (Å²) in [5, 5.41) is 0. The van der Waals surface area contributed by atoms with E-state index in [-0.39, 0.29) is 0 Å². The van der Waals surface area contributed by atoms with Crippen molar-refractivity contribution < 1.29 is 4.79 Å². The molecule has 2 heteroatoms. The Kier molecular flexibility index (Phi) is 3.58. The van der Waals surface area contributed by atoms with E-state index in [0.29, 0.717) is 5.41 Å². The van der Waals surface area contributed by atoms with E-state index in [4.69, 9.17) is 0 Å². The van der Waals surface area contributed by atoms with E-state index in [2.05, 4.69) is 17.0 Å². The number of benzene rings is 1. The molecule has 0 aromatic heterocycles. The maximum atomic E-state index is 10.7. The molecule has 1 aliphatic carbocycles. The highest BCUT2D eigenvalue weighted by atomic mass is 16.1. The highest BCUT2D eigenvalue weighted by Gasteiger charge is 2.35. The Bertz CT molecular complexity index is 421. The molecule has 1 saturated carbocycles. The molecule has 1 aromatic carbocycles. The van der Waals surface area contributed by atoms with E-state index in [0.717, 1.165) is 11.8 Å². The van der Waals surface area contributed by atoms with Crippen LogP contribution in [-0.2, 0) is 0 Å². The van der Waals surface area contributed by atoms with Gasteiger partial charge < -0.3 is 4.90 Å². The summed E-state index contributed by atoms with van der Waals surface area (Å²) in [4.78, 5) is 13.2. The minimum Gasteiger partial charge on any atom is -0.371 e. The van der Waals surface area contributed by atoms with Gasteiger partial charge in [0.15, 0.2) is 0 Å². The highest BCUT2D eigenvalue weighted by Crippen LogP contribution is 2.45. The molecule has 2 fully saturated rings. The van der Waals surface area contributed by atoms with E-state index >= 15 is 0 Å². The number of nitrogens with zero attached hydrogens (tertiary/aromatic N) is 1. The van der Waals surface area contributed by atoms with Gasteiger partial charge >= 0.3 is 0 Å². The Morgan fingerprint density at radius 2 is 1.53 bits per heavy atom. The molecular weight excluding hydrogens is 234 g/mol. The van der Waals surface area contributed by atoms with Crippen LogP contribution >= 0.6 is 0 Å². The number of hydrogen-bond acceptors (Lipinski definition) is 2. The zero-order valence-corrected chi connectivity index (χ0v) is 11.6. The first-order chi connectivity index (χ1) is 9.31. The molecule has 0 amide bonds. The van der Waals surface area contributed by atoms with Gasteiger partial charge in [-0.1, -0.05) is 19.3 Å². The third-order valence-corrected chi connectivity index (χ3v) is 5.13. The molecule has 1 heterocycles. The van der Waals surface area contributed by atoms with Gasteiger partial charge in [0.1, 0.15) is 6.29 Å².